The van der Waals surface area contributed by atoms with Crippen molar-refractivity contribution in [3.05, 3.63) is 53.1 Å². The summed E-state index contributed by atoms with van der Waals surface area (Å²) >= 11 is 0. The normalized spacial score (nSPS) is 15.5. The van der Waals surface area contributed by atoms with Crippen LogP contribution in [0.4, 0.5) is 19.3 Å². The van der Waals surface area contributed by atoms with Crippen LogP contribution in [0, 0.1) is 11.6 Å². The number of hydrogen-bond acceptors (Lipinski definition) is 4. The monoisotopic (exact) mass is 537 g/mol. The van der Waals surface area contributed by atoms with Gasteiger partial charge in [-0.15, -0.1) is 0 Å². The summed E-state index contributed by atoms with van der Waals surface area (Å²) in [4.78, 5) is 38.6. The van der Waals surface area contributed by atoms with E-state index in [0.717, 1.165) is 17.7 Å². The highest BCUT2D eigenvalue weighted by Gasteiger charge is 2.36. The molecule has 0 saturated heterocycles. The standard InChI is InChI=1S/C26H33F2N3O5S/c1-5-36-18-8-9-19-16(13-18)10-12-31(26(35)29-11-6-7-22(32)33)23(19)25(34)30-17-14-20(27)24(21(28)15-17)37(2,3)4/h8-9,13-15,23H,5-7,10-12H2,1-4H3,(H,29,35)(H,30,34)(H,32,33)/t23-/m1/s1. The number of halogens is 2. The number of benzene rings is 2. The van der Waals surface area contributed by atoms with E-state index >= 15 is 0 Å². The van der Waals surface area contributed by atoms with E-state index in [0.29, 0.717) is 24.3 Å². The second-order valence-electron chi connectivity index (χ2n) is 9.46. The van der Waals surface area contributed by atoms with Gasteiger partial charge in [-0.1, -0.05) is 6.07 Å². The number of urea groups is 1. The van der Waals surface area contributed by atoms with Crippen LogP contribution in [-0.2, 0) is 16.0 Å². The van der Waals surface area contributed by atoms with Gasteiger partial charge in [-0.3, -0.25) is 9.59 Å². The van der Waals surface area contributed by atoms with Gasteiger partial charge in [0.05, 0.1) is 11.5 Å². The van der Waals surface area contributed by atoms with Crippen molar-refractivity contribution in [1.29, 1.82) is 0 Å². The van der Waals surface area contributed by atoms with Crippen molar-refractivity contribution >= 4 is 33.6 Å². The van der Waals surface area contributed by atoms with Gasteiger partial charge in [-0.05, 0) is 73.9 Å². The Morgan fingerprint density at radius 1 is 1.14 bits per heavy atom. The quantitative estimate of drug-likeness (QED) is 0.408. The minimum Gasteiger partial charge on any atom is -0.494 e. The Balaban J connectivity index is 1.90. The number of fused-ring (bicyclic) bond motifs is 1. The number of carboxylic acid groups (broad SMARTS) is 1. The lowest BCUT2D eigenvalue weighted by Gasteiger charge is -2.36. The highest BCUT2D eigenvalue weighted by molar-refractivity contribution is 8.32. The number of nitrogens with zero attached hydrogens (tertiary/aromatic N) is 1. The molecule has 1 heterocycles. The maximum absolute atomic E-state index is 14.8. The lowest BCUT2D eigenvalue weighted by atomic mass is 9.91. The van der Waals surface area contributed by atoms with Crippen LogP contribution >= 0.6 is 10.0 Å². The molecule has 0 unspecified atom stereocenters. The molecule has 0 bridgehead atoms. The molecular formula is C26H33F2N3O5S. The topological polar surface area (TPSA) is 108 Å². The van der Waals surface area contributed by atoms with E-state index in [9.17, 15) is 23.2 Å². The average molecular weight is 538 g/mol. The molecule has 0 spiro atoms. The molecule has 2 aromatic rings. The zero-order valence-corrected chi connectivity index (χ0v) is 22.2. The minimum atomic E-state index is -1.69. The van der Waals surface area contributed by atoms with Gasteiger partial charge < -0.3 is 25.4 Å². The number of carbonyl (C=O) groups is 3. The zero-order chi connectivity index (χ0) is 27.3. The van der Waals surface area contributed by atoms with Crippen molar-refractivity contribution in [2.45, 2.75) is 37.1 Å². The largest absolute Gasteiger partial charge is 0.494 e. The molecule has 3 rings (SSSR count). The number of carbonyl (C=O) groups excluding carboxylic acids is 2. The van der Waals surface area contributed by atoms with Crippen molar-refractivity contribution in [3.63, 3.8) is 0 Å². The van der Waals surface area contributed by atoms with Gasteiger partial charge in [-0.25, -0.2) is 23.6 Å². The number of rotatable bonds is 9. The molecule has 8 nitrogen and oxygen atoms in total. The number of anilines is 1. The zero-order valence-electron chi connectivity index (χ0n) is 21.4. The van der Waals surface area contributed by atoms with E-state index in [2.05, 4.69) is 10.6 Å². The van der Waals surface area contributed by atoms with Crippen molar-refractivity contribution in [1.82, 2.24) is 10.2 Å². The lowest BCUT2D eigenvalue weighted by Crippen LogP contribution is -2.49. The maximum atomic E-state index is 14.8. The first kappa shape index (κ1) is 28.2. The molecule has 202 valence electrons. The molecule has 3 amide bonds. The van der Waals surface area contributed by atoms with Crippen molar-refractivity contribution in [2.75, 3.05) is 43.8 Å². The third-order valence-electron chi connectivity index (χ3n) is 5.88. The molecule has 0 aliphatic carbocycles. The molecular weight excluding hydrogens is 504 g/mol. The molecule has 11 heteroatoms. The Hall–Kier alpha value is -3.34. The van der Waals surface area contributed by atoms with Gasteiger partial charge in [0.25, 0.3) is 5.91 Å². The number of amides is 3. The summed E-state index contributed by atoms with van der Waals surface area (Å²) in [6, 6.07) is 5.81. The van der Waals surface area contributed by atoms with Crippen LogP contribution in [0.15, 0.2) is 35.2 Å². The highest BCUT2D eigenvalue weighted by Crippen LogP contribution is 2.48. The van der Waals surface area contributed by atoms with Crippen LogP contribution in [0.3, 0.4) is 0 Å². The summed E-state index contributed by atoms with van der Waals surface area (Å²) in [6.07, 6.45) is 5.92. The first-order valence-corrected chi connectivity index (χ1v) is 14.8. The van der Waals surface area contributed by atoms with Crippen LogP contribution in [0.1, 0.15) is 36.9 Å². The average Bonchev–Trinajstić information content (AvgIpc) is 2.79. The molecule has 0 saturated carbocycles. The Bertz CT molecular complexity index is 1160. The summed E-state index contributed by atoms with van der Waals surface area (Å²) in [6.45, 7) is 2.66. The van der Waals surface area contributed by atoms with Crippen LogP contribution in [0.5, 0.6) is 5.75 Å². The van der Waals surface area contributed by atoms with Gasteiger partial charge in [0.1, 0.15) is 23.4 Å². The predicted molar refractivity (Wildman–Crippen MR) is 140 cm³/mol. The molecule has 37 heavy (non-hydrogen) atoms. The Kier molecular flexibility index (Phi) is 9.01. The predicted octanol–water partition coefficient (Wildman–Crippen LogP) is 4.53. The molecule has 0 aromatic heterocycles. The minimum absolute atomic E-state index is 0.000621. The van der Waals surface area contributed by atoms with Gasteiger partial charge >= 0.3 is 12.0 Å². The van der Waals surface area contributed by atoms with Crippen LogP contribution in [0.2, 0.25) is 0 Å². The van der Waals surface area contributed by atoms with E-state index in [-0.39, 0.29) is 36.5 Å². The second-order valence-corrected chi connectivity index (χ2v) is 13.5. The fourth-order valence-corrected chi connectivity index (χ4v) is 5.61. The summed E-state index contributed by atoms with van der Waals surface area (Å²) < 4.78 is 35.1. The lowest BCUT2D eigenvalue weighted by molar-refractivity contribution is -0.137. The van der Waals surface area contributed by atoms with Crippen molar-refractivity contribution < 1.29 is 33.0 Å². The van der Waals surface area contributed by atoms with E-state index in [4.69, 9.17) is 9.84 Å². The highest BCUT2D eigenvalue weighted by atomic mass is 32.3. The third-order valence-corrected chi connectivity index (χ3v) is 7.50. The summed E-state index contributed by atoms with van der Waals surface area (Å²) in [5.41, 5.74) is 1.35. The van der Waals surface area contributed by atoms with Gasteiger partial charge in [0.15, 0.2) is 0 Å². The molecule has 2 aromatic carbocycles. The summed E-state index contributed by atoms with van der Waals surface area (Å²) in [5, 5.41) is 14.1. The fourth-order valence-electron chi connectivity index (χ4n) is 4.33. The molecule has 1 aliphatic heterocycles. The van der Waals surface area contributed by atoms with Crippen LogP contribution < -0.4 is 15.4 Å². The van der Waals surface area contributed by atoms with E-state index in [1.165, 1.54) is 4.90 Å². The SMILES string of the molecule is CCOc1ccc2c(c1)CCN(C(=O)NCCCC(=O)O)[C@H]2C(=O)Nc1cc(F)c(S(C)(C)C)c(F)c1. The number of hydrogen-bond donors (Lipinski definition) is 3. The first-order valence-electron chi connectivity index (χ1n) is 11.9. The maximum Gasteiger partial charge on any atom is 0.318 e. The fraction of sp³-hybridized carbons (Fsp3) is 0.423. The number of ether oxygens (including phenoxy) is 1. The molecule has 0 radical (unpaired) electrons. The number of nitrogens with one attached hydrogen (secondary N) is 2. The third kappa shape index (κ3) is 6.91. The smallest absolute Gasteiger partial charge is 0.318 e. The van der Waals surface area contributed by atoms with E-state index < -0.39 is 45.6 Å². The summed E-state index contributed by atoms with van der Waals surface area (Å²) in [5.74, 6) is -2.44. The van der Waals surface area contributed by atoms with Crippen LogP contribution in [0.25, 0.3) is 0 Å². The van der Waals surface area contributed by atoms with Crippen molar-refractivity contribution in [3.8, 4) is 5.75 Å². The Labute approximate surface area is 216 Å². The van der Waals surface area contributed by atoms with E-state index in [1.54, 1.807) is 30.9 Å². The molecule has 1 aliphatic rings. The van der Waals surface area contributed by atoms with Gasteiger partial charge in [0.2, 0.25) is 0 Å². The molecule has 1 atom stereocenters. The Morgan fingerprint density at radius 3 is 2.41 bits per heavy atom. The van der Waals surface area contributed by atoms with Crippen LogP contribution in [-0.4, -0.2) is 66.4 Å². The van der Waals surface area contributed by atoms with Crippen molar-refractivity contribution in [2.24, 2.45) is 0 Å². The molecule has 0 fully saturated rings. The second kappa shape index (κ2) is 11.8. The van der Waals surface area contributed by atoms with E-state index in [1.807, 2.05) is 13.0 Å². The summed E-state index contributed by atoms with van der Waals surface area (Å²) in [7, 11) is -1.69. The Morgan fingerprint density at radius 2 is 1.81 bits per heavy atom. The van der Waals surface area contributed by atoms with Gasteiger partial charge in [0, 0.05) is 25.2 Å². The van der Waals surface area contributed by atoms with Gasteiger partial charge in [-0.2, -0.15) is 0 Å². The molecule has 3 N–H and O–H groups in total. The number of carboxylic acids is 1. The first-order chi connectivity index (χ1) is 17.4. The number of aliphatic carboxylic acids is 1.